The van der Waals surface area contributed by atoms with Crippen LogP contribution in [0.15, 0.2) is 0 Å². The van der Waals surface area contributed by atoms with Crippen molar-refractivity contribution >= 4 is 29.2 Å². The maximum Gasteiger partial charge on any atom is 0.327 e. The molecule has 0 bridgehead atoms. The van der Waals surface area contributed by atoms with E-state index in [1.165, 1.54) is 0 Å². The molecule has 0 amide bonds. The molecule has 1 heterocycles. The quantitative estimate of drug-likeness (QED) is 0.479. The van der Waals surface area contributed by atoms with Crippen LogP contribution in [0.2, 0.25) is 0 Å². The summed E-state index contributed by atoms with van der Waals surface area (Å²) >= 11 is 11.3. The Hall–Kier alpha value is 0.0500. The minimum Gasteiger partial charge on any atom is -0.464 e. The van der Waals surface area contributed by atoms with Gasteiger partial charge < -0.3 is 4.74 Å². The molecule has 58 valence electrons. The summed E-state index contributed by atoms with van der Waals surface area (Å²) in [5, 5.41) is 0. The summed E-state index contributed by atoms with van der Waals surface area (Å²) in [6.07, 6.45) is 1.08. The molecule has 1 aliphatic heterocycles. The number of carbonyl (C=O) groups is 1. The molecule has 0 aromatic carbocycles. The van der Waals surface area contributed by atoms with E-state index in [2.05, 4.69) is 0 Å². The molecular weight excluding hydrogens is 175 g/mol. The highest BCUT2D eigenvalue weighted by Gasteiger charge is 2.41. The molecule has 1 aliphatic rings. The third-order valence-corrected chi connectivity index (χ3v) is 2.31. The number of hydrogen-bond acceptors (Lipinski definition) is 2. The lowest BCUT2D eigenvalue weighted by atomic mass is 10.1. The van der Waals surface area contributed by atoms with Crippen LogP contribution in [0.1, 0.15) is 12.8 Å². The number of halogens is 2. The molecule has 1 fully saturated rings. The second kappa shape index (κ2) is 2.97. The second-order valence-corrected chi connectivity index (χ2v) is 3.39. The highest BCUT2D eigenvalue weighted by Crippen LogP contribution is 2.31. The average molecular weight is 183 g/mol. The van der Waals surface area contributed by atoms with Gasteiger partial charge in [0.2, 0.25) is 0 Å². The Kier molecular flexibility index (Phi) is 2.42. The van der Waals surface area contributed by atoms with Gasteiger partial charge in [0, 0.05) is 12.3 Å². The number of carbonyl (C=O) groups excluding carboxylic acids is 1. The third kappa shape index (κ3) is 1.38. The van der Waals surface area contributed by atoms with Gasteiger partial charge in [0.05, 0.1) is 6.61 Å². The molecule has 4 heteroatoms. The van der Waals surface area contributed by atoms with Crippen molar-refractivity contribution in [1.29, 1.82) is 0 Å². The Bertz CT molecular complexity index is 149. The lowest BCUT2D eigenvalue weighted by Crippen LogP contribution is -2.27. The Balaban J connectivity index is 2.57. The van der Waals surface area contributed by atoms with Crippen molar-refractivity contribution in [3.05, 3.63) is 0 Å². The molecule has 10 heavy (non-hydrogen) atoms. The summed E-state index contributed by atoms with van der Waals surface area (Å²) < 4.78 is 4.69. The highest BCUT2D eigenvalue weighted by atomic mass is 35.5. The molecule has 2 nitrogen and oxygen atoms in total. The average Bonchev–Trinajstić information content (AvgIpc) is 2.15. The summed E-state index contributed by atoms with van der Waals surface area (Å²) in [5.41, 5.74) is 0. The summed E-state index contributed by atoms with van der Waals surface area (Å²) in [6, 6.07) is 0. The van der Waals surface area contributed by atoms with Crippen molar-refractivity contribution < 1.29 is 9.53 Å². The fourth-order valence-corrected chi connectivity index (χ4v) is 1.56. The molecule has 1 unspecified atom stereocenters. The van der Waals surface area contributed by atoms with E-state index in [1.807, 2.05) is 0 Å². The van der Waals surface area contributed by atoms with Gasteiger partial charge in [-0.25, -0.2) is 0 Å². The first-order valence-electron chi connectivity index (χ1n) is 3.11. The second-order valence-electron chi connectivity index (χ2n) is 2.29. The first-order valence-corrected chi connectivity index (χ1v) is 4.02. The van der Waals surface area contributed by atoms with Crippen LogP contribution in [0.25, 0.3) is 0 Å². The van der Waals surface area contributed by atoms with E-state index in [0.29, 0.717) is 25.3 Å². The van der Waals surface area contributed by atoms with Crippen LogP contribution in [-0.4, -0.2) is 23.3 Å². The van der Waals surface area contributed by atoms with Gasteiger partial charge in [-0.05, 0) is 6.42 Å². The van der Waals surface area contributed by atoms with Crippen molar-refractivity contribution in [2.24, 2.45) is 0 Å². The van der Waals surface area contributed by atoms with E-state index >= 15 is 0 Å². The summed E-state index contributed by atoms with van der Waals surface area (Å²) in [7, 11) is 0. The van der Waals surface area contributed by atoms with Crippen molar-refractivity contribution in [2.75, 3.05) is 12.5 Å². The van der Waals surface area contributed by atoms with Crippen LogP contribution in [0.4, 0.5) is 0 Å². The number of rotatable bonds is 2. The largest absolute Gasteiger partial charge is 0.464 e. The molecule has 1 saturated heterocycles. The number of cyclic esters (lactones) is 1. The minimum atomic E-state index is -0.818. The van der Waals surface area contributed by atoms with Gasteiger partial charge in [-0.3, -0.25) is 4.79 Å². The van der Waals surface area contributed by atoms with Crippen LogP contribution in [-0.2, 0) is 9.53 Å². The molecule has 0 aliphatic carbocycles. The van der Waals surface area contributed by atoms with Gasteiger partial charge in [-0.2, -0.15) is 0 Å². The zero-order valence-corrected chi connectivity index (χ0v) is 6.91. The molecule has 0 aromatic heterocycles. The van der Waals surface area contributed by atoms with Gasteiger partial charge in [-0.1, -0.05) is 0 Å². The maximum atomic E-state index is 10.9. The number of esters is 1. The van der Waals surface area contributed by atoms with Crippen molar-refractivity contribution in [2.45, 2.75) is 17.7 Å². The molecule has 0 N–H and O–H groups in total. The Morgan fingerprint density at radius 2 is 2.40 bits per heavy atom. The van der Waals surface area contributed by atoms with Crippen LogP contribution >= 0.6 is 23.2 Å². The van der Waals surface area contributed by atoms with E-state index < -0.39 is 4.87 Å². The Labute approximate surface area is 69.4 Å². The van der Waals surface area contributed by atoms with Gasteiger partial charge in [0.1, 0.15) is 4.87 Å². The smallest absolute Gasteiger partial charge is 0.327 e. The number of alkyl halides is 2. The fraction of sp³-hybridized carbons (Fsp3) is 0.833. The fourth-order valence-electron chi connectivity index (χ4n) is 0.914. The van der Waals surface area contributed by atoms with Crippen molar-refractivity contribution in [3.8, 4) is 0 Å². The summed E-state index contributed by atoms with van der Waals surface area (Å²) in [6.45, 7) is 0.430. The first-order chi connectivity index (χ1) is 4.69. The first kappa shape index (κ1) is 8.15. The standard InChI is InChI=1S/C6H8Cl2O2/c7-3-1-6(8)2-4-10-5(6)9/h1-4H2. The topological polar surface area (TPSA) is 26.3 Å². The summed E-state index contributed by atoms with van der Waals surface area (Å²) in [5.74, 6) is 0.0771. The highest BCUT2D eigenvalue weighted by molar-refractivity contribution is 6.35. The predicted molar refractivity (Wildman–Crippen MR) is 39.5 cm³/mol. The van der Waals surface area contributed by atoms with Crippen LogP contribution < -0.4 is 0 Å². The lowest BCUT2D eigenvalue weighted by Gasteiger charge is -2.12. The molecule has 1 rings (SSSR count). The zero-order chi connectivity index (χ0) is 7.61. The minimum absolute atomic E-state index is 0.324. The monoisotopic (exact) mass is 182 g/mol. The van der Waals surface area contributed by atoms with Crippen molar-refractivity contribution in [3.63, 3.8) is 0 Å². The normalized spacial score (nSPS) is 32.4. The molecule has 0 radical (unpaired) electrons. The van der Waals surface area contributed by atoms with Gasteiger partial charge >= 0.3 is 5.97 Å². The van der Waals surface area contributed by atoms with E-state index in [0.717, 1.165) is 0 Å². The molecule has 0 aromatic rings. The third-order valence-electron chi connectivity index (χ3n) is 1.59. The van der Waals surface area contributed by atoms with E-state index in [1.54, 1.807) is 0 Å². The van der Waals surface area contributed by atoms with E-state index in [-0.39, 0.29) is 5.97 Å². The Morgan fingerprint density at radius 3 is 2.80 bits per heavy atom. The Morgan fingerprint density at radius 1 is 1.70 bits per heavy atom. The lowest BCUT2D eigenvalue weighted by molar-refractivity contribution is -0.140. The molecule has 0 saturated carbocycles. The van der Waals surface area contributed by atoms with Gasteiger partial charge in [0.25, 0.3) is 0 Å². The zero-order valence-electron chi connectivity index (χ0n) is 5.40. The number of ether oxygens (including phenoxy) is 1. The van der Waals surface area contributed by atoms with E-state index in [4.69, 9.17) is 27.9 Å². The van der Waals surface area contributed by atoms with Gasteiger partial charge in [-0.15, -0.1) is 23.2 Å². The molecular formula is C6H8Cl2O2. The van der Waals surface area contributed by atoms with Gasteiger partial charge in [0.15, 0.2) is 0 Å². The van der Waals surface area contributed by atoms with Crippen molar-refractivity contribution in [1.82, 2.24) is 0 Å². The summed E-state index contributed by atoms with van der Waals surface area (Å²) in [4.78, 5) is 10.1. The SMILES string of the molecule is O=C1OCCC1(Cl)CCCl. The van der Waals surface area contributed by atoms with Crippen LogP contribution in [0, 0.1) is 0 Å². The maximum absolute atomic E-state index is 10.9. The number of hydrogen-bond donors (Lipinski definition) is 0. The van der Waals surface area contributed by atoms with Crippen LogP contribution in [0.3, 0.4) is 0 Å². The predicted octanol–water partition coefficient (Wildman–Crippen LogP) is 1.54. The van der Waals surface area contributed by atoms with Crippen LogP contribution in [0.5, 0.6) is 0 Å². The van der Waals surface area contributed by atoms with E-state index in [9.17, 15) is 4.79 Å². The molecule has 1 atom stereocenters. The molecule has 0 spiro atoms.